The van der Waals surface area contributed by atoms with E-state index in [0.29, 0.717) is 6.04 Å². The average Bonchev–Trinajstić information content (AvgIpc) is 2.91. The average molecular weight is 308 g/mol. The van der Waals surface area contributed by atoms with Gasteiger partial charge in [-0.1, -0.05) is 40.0 Å². The molecular formula is C16H28N4S. The van der Waals surface area contributed by atoms with Crippen molar-refractivity contribution < 1.29 is 0 Å². The molecule has 118 valence electrons. The van der Waals surface area contributed by atoms with Gasteiger partial charge in [0.1, 0.15) is 0 Å². The van der Waals surface area contributed by atoms with Crippen molar-refractivity contribution in [2.75, 3.05) is 0 Å². The van der Waals surface area contributed by atoms with Crippen molar-refractivity contribution in [3.8, 4) is 0 Å². The van der Waals surface area contributed by atoms with Gasteiger partial charge >= 0.3 is 0 Å². The molecule has 0 saturated heterocycles. The van der Waals surface area contributed by atoms with Crippen molar-refractivity contribution in [2.24, 2.45) is 5.41 Å². The number of nitrogens with one attached hydrogen (secondary N) is 2. The fourth-order valence-corrected chi connectivity index (χ4v) is 3.07. The smallest absolute Gasteiger partial charge is 0.166 e. The van der Waals surface area contributed by atoms with Crippen LogP contribution in [0.1, 0.15) is 52.9 Å². The number of thiocarbonyl (C=S) groups is 1. The highest BCUT2D eigenvalue weighted by Crippen LogP contribution is 2.21. The topological polar surface area (TPSA) is 41.9 Å². The Balaban J connectivity index is 1.89. The first-order chi connectivity index (χ1) is 9.95. The Labute approximate surface area is 133 Å². The van der Waals surface area contributed by atoms with Crippen LogP contribution in [0.3, 0.4) is 0 Å². The van der Waals surface area contributed by atoms with Crippen LogP contribution in [0, 0.1) is 5.41 Å². The standard InChI is InChI=1S/C16H28N4S/c1-16(2,3)14(12-20-11-7-10-17-20)19-15(21)18-13-8-5-4-6-9-13/h7,10-11,13-14H,4-6,8-9,12H2,1-3H3,(H2,18,19,21). The molecule has 0 aliphatic heterocycles. The third-order valence-corrected chi connectivity index (χ3v) is 4.46. The van der Waals surface area contributed by atoms with Gasteiger partial charge in [-0.15, -0.1) is 0 Å². The van der Waals surface area contributed by atoms with Crippen LogP contribution < -0.4 is 10.6 Å². The lowest BCUT2D eigenvalue weighted by Gasteiger charge is -2.34. The van der Waals surface area contributed by atoms with E-state index in [-0.39, 0.29) is 11.5 Å². The molecule has 5 heteroatoms. The quantitative estimate of drug-likeness (QED) is 0.839. The van der Waals surface area contributed by atoms with Crippen LogP contribution in [0.4, 0.5) is 0 Å². The van der Waals surface area contributed by atoms with Gasteiger partial charge in [-0.25, -0.2) is 0 Å². The first-order valence-electron chi connectivity index (χ1n) is 7.99. The van der Waals surface area contributed by atoms with Crippen molar-refractivity contribution in [3.63, 3.8) is 0 Å². The van der Waals surface area contributed by atoms with E-state index in [0.717, 1.165) is 11.7 Å². The molecule has 0 amide bonds. The summed E-state index contributed by atoms with van der Waals surface area (Å²) < 4.78 is 1.96. The molecule has 1 atom stereocenters. The molecule has 0 aromatic carbocycles. The molecule has 21 heavy (non-hydrogen) atoms. The number of hydrogen-bond acceptors (Lipinski definition) is 2. The molecule has 0 bridgehead atoms. The van der Waals surface area contributed by atoms with Gasteiger partial charge in [-0.2, -0.15) is 5.10 Å². The van der Waals surface area contributed by atoms with Crippen molar-refractivity contribution in [3.05, 3.63) is 18.5 Å². The van der Waals surface area contributed by atoms with Gasteiger partial charge < -0.3 is 10.6 Å². The summed E-state index contributed by atoms with van der Waals surface area (Å²) in [6.45, 7) is 7.52. The maximum absolute atomic E-state index is 5.52. The normalized spacial score (nSPS) is 18.2. The minimum atomic E-state index is 0.115. The second kappa shape index (κ2) is 7.25. The zero-order valence-electron chi connectivity index (χ0n) is 13.4. The van der Waals surface area contributed by atoms with Gasteiger partial charge in [0.15, 0.2) is 5.11 Å². The first kappa shape index (κ1) is 16.3. The molecule has 1 saturated carbocycles. The molecule has 1 aromatic heterocycles. The van der Waals surface area contributed by atoms with Gasteiger partial charge in [0.05, 0.1) is 12.6 Å². The fraction of sp³-hybridized carbons (Fsp3) is 0.750. The van der Waals surface area contributed by atoms with Crippen molar-refractivity contribution in [1.29, 1.82) is 0 Å². The monoisotopic (exact) mass is 308 g/mol. The zero-order chi connectivity index (χ0) is 15.3. The summed E-state index contributed by atoms with van der Waals surface area (Å²) >= 11 is 5.52. The zero-order valence-corrected chi connectivity index (χ0v) is 14.2. The van der Waals surface area contributed by atoms with Crippen molar-refractivity contribution in [2.45, 2.75) is 71.5 Å². The highest BCUT2D eigenvalue weighted by molar-refractivity contribution is 7.80. The van der Waals surface area contributed by atoms with Crippen LogP contribution in [0.5, 0.6) is 0 Å². The van der Waals surface area contributed by atoms with Gasteiger partial charge in [-0.3, -0.25) is 4.68 Å². The third kappa shape index (κ3) is 5.30. The summed E-state index contributed by atoms with van der Waals surface area (Å²) in [5, 5.41) is 12.1. The van der Waals surface area contributed by atoms with E-state index in [2.05, 4.69) is 36.5 Å². The van der Waals surface area contributed by atoms with Crippen molar-refractivity contribution in [1.82, 2.24) is 20.4 Å². The van der Waals surface area contributed by atoms with Gasteiger partial charge in [0, 0.05) is 18.4 Å². The SMILES string of the molecule is CC(C)(C)C(Cn1cccn1)NC(=S)NC1CCCCC1. The number of nitrogens with zero attached hydrogens (tertiary/aromatic N) is 2. The molecule has 1 aliphatic rings. The predicted octanol–water partition coefficient (Wildman–Crippen LogP) is 3.09. The molecular weight excluding hydrogens is 280 g/mol. The van der Waals surface area contributed by atoms with E-state index in [1.165, 1.54) is 32.1 Å². The number of aromatic nitrogens is 2. The molecule has 1 aromatic rings. The molecule has 1 aliphatic carbocycles. The lowest BCUT2D eigenvalue weighted by atomic mass is 9.86. The van der Waals surface area contributed by atoms with Crippen molar-refractivity contribution >= 4 is 17.3 Å². The fourth-order valence-electron chi connectivity index (χ4n) is 2.76. The Bertz CT molecular complexity index is 430. The summed E-state index contributed by atoms with van der Waals surface area (Å²) in [5.74, 6) is 0. The minimum Gasteiger partial charge on any atom is -0.360 e. The Hall–Kier alpha value is -1.10. The molecule has 0 spiro atoms. The first-order valence-corrected chi connectivity index (χ1v) is 8.40. The molecule has 0 radical (unpaired) electrons. The van der Waals surface area contributed by atoms with E-state index >= 15 is 0 Å². The summed E-state index contributed by atoms with van der Waals surface area (Å²) in [5.41, 5.74) is 0.115. The van der Waals surface area contributed by atoms with E-state index in [4.69, 9.17) is 12.2 Å². The summed E-state index contributed by atoms with van der Waals surface area (Å²) in [7, 11) is 0. The molecule has 1 heterocycles. The van der Waals surface area contributed by atoms with Crippen LogP contribution in [0.2, 0.25) is 0 Å². The Morgan fingerprint density at radius 3 is 2.62 bits per heavy atom. The van der Waals surface area contributed by atoms with E-state index < -0.39 is 0 Å². The molecule has 2 N–H and O–H groups in total. The second-order valence-corrected chi connectivity index (χ2v) is 7.51. The second-order valence-electron chi connectivity index (χ2n) is 7.10. The van der Waals surface area contributed by atoms with Crippen LogP contribution in [-0.2, 0) is 6.54 Å². The molecule has 2 rings (SSSR count). The molecule has 4 nitrogen and oxygen atoms in total. The summed E-state index contributed by atoms with van der Waals surface area (Å²) in [4.78, 5) is 0. The van der Waals surface area contributed by atoms with Crippen LogP contribution in [0.25, 0.3) is 0 Å². The predicted molar refractivity (Wildman–Crippen MR) is 91.2 cm³/mol. The Morgan fingerprint density at radius 2 is 2.05 bits per heavy atom. The lowest BCUT2D eigenvalue weighted by Crippen LogP contribution is -2.52. The minimum absolute atomic E-state index is 0.115. The van der Waals surface area contributed by atoms with Crippen LogP contribution in [0.15, 0.2) is 18.5 Å². The lowest BCUT2D eigenvalue weighted by molar-refractivity contribution is 0.259. The third-order valence-electron chi connectivity index (χ3n) is 4.22. The highest BCUT2D eigenvalue weighted by Gasteiger charge is 2.26. The number of hydrogen-bond donors (Lipinski definition) is 2. The van der Waals surface area contributed by atoms with Crippen LogP contribution in [-0.4, -0.2) is 27.0 Å². The van der Waals surface area contributed by atoms with E-state index in [9.17, 15) is 0 Å². The summed E-state index contributed by atoms with van der Waals surface area (Å²) in [6.07, 6.45) is 10.3. The van der Waals surface area contributed by atoms with Gasteiger partial charge in [0.25, 0.3) is 0 Å². The summed E-state index contributed by atoms with van der Waals surface area (Å²) in [6, 6.07) is 2.75. The van der Waals surface area contributed by atoms with Gasteiger partial charge in [-0.05, 0) is 36.5 Å². The maximum Gasteiger partial charge on any atom is 0.166 e. The molecule has 1 fully saturated rings. The van der Waals surface area contributed by atoms with Crippen LogP contribution >= 0.6 is 12.2 Å². The Morgan fingerprint density at radius 1 is 1.33 bits per heavy atom. The molecule has 1 unspecified atom stereocenters. The number of rotatable bonds is 4. The van der Waals surface area contributed by atoms with Gasteiger partial charge in [0.2, 0.25) is 0 Å². The van der Waals surface area contributed by atoms with E-state index in [1.54, 1.807) is 0 Å². The maximum atomic E-state index is 5.52. The largest absolute Gasteiger partial charge is 0.360 e. The highest BCUT2D eigenvalue weighted by atomic mass is 32.1. The van der Waals surface area contributed by atoms with E-state index in [1.807, 2.05) is 23.1 Å². The Kier molecular flexibility index (Phi) is 5.62.